The van der Waals surface area contributed by atoms with Gasteiger partial charge in [-0.1, -0.05) is 11.6 Å². The van der Waals surface area contributed by atoms with Gasteiger partial charge in [-0.15, -0.1) is 0 Å². The first-order valence-electron chi connectivity index (χ1n) is 13.9. The Kier molecular flexibility index (Phi) is 10.8. The van der Waals surface area contributed by atoms with E-state index in [9.17, 15) is 19.6 Å². The molecule has 14 heteroatoms. The van der Waals surface area contributed by atoms with Gasteiger partial charge >= 0.3 is 12.1 Å². The Labute approximate surface area is 265 Å². The van der Waals surface area contributed by atoms with Crippen LogP contribution in [0.4, 0.5) is 21.0 Å². The molecule has 1 saturated heterocycles. The molecule has 1 aliphatic heterocycles. The standard InChI is InChI=1S/C31H35ClN6O7/c1-21-7-14-26(45-21)6-5-17-33-35-27(39)20-36-30(41)37(24-12-15-25(16-13-24)44-19-18-43-4)28(31(36,2)3)38(42)29(40)34-23-10-8-22(32)9-11-23/h5-17,28,42H,18-20H2,1-4H3,(H,34,40)(H,35,39)/b6-5+,33-17+. The van der Waals surface area contributed by atoms with Crippen LogP contribution in [0, 0.1) is 6.92 Å². The molecule has 45 heavy (non-hydrogen) atoms. The van der Waals surface area contributed by atoms with Gasteiger partial charge in [-0.3, -0.25) is 14.9 Å². The van der Waals surface area contributed by atoms with Gasteiger partial charge in [0.2, 0.25) is 0 Å². The minimum absolute atomic E-state index is 0.327. The van der Waals surface area contributed by atoms with Crippen molar-refractivity contribution >= 4 is 53.2 Å². The van der Waals surface area contributed by atoms with E-state index in [0.717, 1.165) is 5.76 Å². The van der Waals surface area contributed by atoms with Gasteiger partial charge in [-0.2, -0.15) is 10.2 Å². The SMILES string of the molecule is COCCOc1ccc(N2C(=O)N(CC(=O)N/N=C/C=C/c3ccc(C)o3)C(C)(C)C2N(O)C(=O)Nc2ccc(Cl)cc2)cc1. The first-order chi connectivity index (χ1) is 21.5. The number of hydroxylamine groups is 2. The lowest BCUT2D eigenvalue weighted by Gasteiger charge is -2.38. The Hall–Kier alpha value is -4.85. The molecule has 2 heterocycles. The number of nitrogens with zero attached hydrogens (tertiary/aromatic N) is 4. The number of rotatable bonds is 12. The lowest BCUT2D eigenvalue weighted by atomic mass is 9.99. The number of hydrazone groups is 1. The van der Waals surface area contributed by atoms with Gasteiger partial charge in [0.25, 0.3) is 5.91 Å². The first-order valence-corrected chi connectivity index (χ1v) is 14.3. The molecule has 0 saturated carbocycles. The van der Waals surface area contributed by atoms with Crippen LogP contribution in [0.25, 0.3) is 6.08 Å². The van der Waals surface area contributed by atoms with Crippen LogP contribution in [0.1, 0.15) is 25.4 Å². The van der Waals surface area contributed by atoms with Gasteiger partial charge in [-0.25, -0.2) is 15.0 Å². The van der Waals surface area contributed by atoms with E-state index in [-0.39, 0.29) is 0 Å². The highest BCUT2D eigenvalue weighted by Crippen LogP contribution is 2.38. The highest BCUT2D eigenvalue weighted by Gasteiger charge is 2.56. The van der Waals surface area contributed by atoms with Crippen molar-refractivity contribution in [2.75, 3.05) is 37.1 Å². The number of nitrogens with one attached hydrogen (secondary N) is 2. The predicted molar refractivity (Wildman–Crippen MR) is 169 cm³/mol. The summed E-state index contributed by atoms with van der Waals surface area (Å²) in [6, 6.07) is 15.0. The maximum absolute atomic E-state index is 13.9. The summed E-state index contributed by atoms with van der Waals surface area (Å²) in [7, 11) is 1.57. The van der Waals surface area contributed by atoms with E-state index >= 15 is 0 Å². The molecule has 1 fully saturated rings. The summed E-state index contributed by atoms with van der Waals surface area (Å²) in [5.41, 5.74) is 1.86. The molecule has 0 radical (unpaired) electrons. The van der Waals surface area contributed by atoms with Crippen molar-refractivity contribution in [2.45, 2.75) is 32.5 Å². The van der Waals surface area contributed by atoms with Crippen molar-refractivity contribution in [2.24, 2.45) is 5.10 Å². The maximum atomic E-state index is 13.9. The normalized spacial score (nSPS) is 16.0. The number of hydrogen-bond acceptors (Lipinski definition) is 8. The number of halogens is 1. The Balaban J connectivity index is 1.54. The number of benzene rings is 2. The highest BCUT2D eigenvalue weighted by molar-refractivity contribution is 6.30. The fraction of sp³-hybridized carbons (Fsp3) is 0.290. The molecule has 13 nitrogen and oxygen atoms in total. The summed E-state index contributed by atoms with van der Waals surface area (Å²) in [5, 5.41) is 18.7. The van der Waals surface area contributed by atoms with Crippen molar-refractivity contribution in [3.05, 3.63) is 83.3 Å². The summed E-state index contributed by atoms with van der Waals surface area (Å²) in [6.07, 6.45) is 3.38. The van der Waals surface area contributed by atoms with Crippen LogP contribution in [0.15, 0.2) is 76.3 Å². The van der Waals surface area contributed by atoms with Crippen molar-refractivity contribution in [3.8, 4) is 5.75 Å². The molecule has 1 aromatic heterocycles. The summed E-state index contributed by atoms with van der Waals surface area (Å²) in [4.78, 5) is 42.5. The summed E-state index contributed by atoms with van der Waals surface area (Å²) in [5.74, 6) is 1.34. The molecule has 2 aromatic carbocycles. The third-order valence-corrected chi connectivity index (χ3v) is 7.14. The zero-order valence-electron chi connectivity index (χ0n) is 25.3. The zero-order valence-corrected chi connectivity index (χ0v) is 26.0. The van der Waals surface area contributed by atoms with Crippen molar-refractivity contribution < 1.29 is 33.5 Å². The quantitative estimate of drug-likeness (QED) is 0.105. The van der Waals surface area contributed by atoms with E-state index in [1.807, 2.05) is 13.0 Å². The lowest BCUT2D eigenvalue weighted by molar-refractivity contribution is -0.124. The van der Waals surface area contributed by atoms with Crippen LogP contribution in [0.2, 0.25) is 5.02 Å². The molecule has 0 aliphatic carbocycles. The average Bonchev–Trinajstić information content (AvgIpc) is 3.51. The van der Waals surface area contributed by atoms with Gasteiger partial charge in [0, 0.05) is 29.7 Å². The number of furan rings is 1. The number of allylic oxidation sites excluding steroid dienone is 1. The van der Waals surface area contributed by atoms with Gasteiger partial charge in [-0.05, 0) is 93.6 Å². The number of carbonyl (C=O) groups excluding carboxylic acids is 3. The third kappa shape index (κ3) is 8.20. The number of carbonyl (C=O) groups is 3. The monoisotopic (exact) mass is 638 g/mol. The van der Waals surface area contributed by atoms with Crippen LogP contribution in [-0.4, -0.2) is 77.9 Å². The van der Waals surface area contributed by atoms with E-state index < -0.39 is 36.2 Å². The van der Waals surface area contributed by atoms with E-state index in [2.05, 4.69) is 15.8 Å². The van der Waals surface area contributed by atoms with Crippen LogP contribution in [0.3, 0.4) is 0 Å². The summed E-state index contributed by atoms with van der Waals surface area (Å²) < 4.78 is 16.1. The minimum atomic E-state index is -1.27. The molecular weight excluding hydrogens is 604 g/mol. The van der Waals surface area contributed by atoms with E-state index in [0.29, 0.717) is 46.2 Å². The Morgan fingerprint density at radius 2 is 1.82 bits per heavy atom. The molecular formula is C31H35ClN6O7. The average molecular weight is 639 g/mol. The Morgan fingerprint density at radius 3 is 2.47 bits per heavy atom. The molecule has 1 aliphatic rings. The summed E-state index contributed by atoms with van der Waals surface area (Å²) in [6.45, 7) is 5.41. The molecule has 1 unspecified atom stereocenters. The second-order valence-corrected chi connectivity index (χ2v) is 10.9. The molecule has 4 rings (SSSR count). The number of methoxy groups -OCH3 is 1. The topological polar surface area (TPSA) is 149 Å². The number of amides is 5. The molecule has 3 N–H and O–H groups in total. The van der Waals surface area contributed by atoms with Crippen LogP contribution >= 0.6 is 11.6 Å². The van der Waals surface area contributed by atoms with Crippen molar-refractivity contribution in [1.82, 2.24) is 15.4 Å². The van der Waals surface area contributed by atoms with E-state index in [1.165, 1.54) is 16.0 Å². The largest absolute Gasteiger partial charge is 0.491 e. The number of urea groups is 2. The second-order valence-electron chi connectivity index (χ2n) is 10.5. The van der Waals surface area contributed by atoms with Gasteiger partial charge in [0.1, 0.15) is 30.4 Å². The van der Waals surface area contributed by atoms with Gasteiger partial charge in [0.05, 0.1) is 12.1 Å². The van der Waals surface area contributed by atoms with Crippen LogP contribution in [-0.2, 0) is 9.53 Å². The first kappa shape index (κ1) is 33.1. The minimum Gasteiger partial charge on any atom is -0.491 e. The van der Waals surface area contributed by atoms with Crippen LogP contribution in [0.5, 0.6) is 5.75 Å². The lowest BCUT2D eigenvalue weighted by Crippen LogP contribution is -2.58. The molecule has 3 aromatic rings. The molecule has 238 valence electrons. The second kappa shape index (κ2) is 14.8. The van der Waals surface area contributed by atoms with Crippen molar-refractivity contribution in [1.29, 1.82) is 0 Å². The number of ether oxygens (including phenoxy) is 2. The Bertz CT molecular complexity index is 1540. The fourth-order valence-corrected chi connectivity index (χ4v) is 4.78. The van der Waals surface area contributed by atoms with Crippen molar-refractivity contribution in [3.63, 3.8) is 0 Å². The fourth-order valence-electron chi connectivity index (χ4n) is 4.65. The maximum Gasteiger partial charge on any atom is 0.347 e. The smallest absolute Gasteiger partial charge is 0.347 e. The Morgan fingerprint density at radius 1 is 1.11 bits per heavy atom. The number of aryl methyl sites for hydroxylation is 1. The third-order valence-electron chi connectivity index (χ3n) is 6.89. The predicted octanol–water partition coefficient (Wildman–Crippen LogP) is 5.35. The van der Waals surface area contributed by atoms with E-state index in [1.54, 1.807) is 87.7 Å². The van der Waals surface area contributed by atoms with E-state index in [4.69, 9.17) is 25.5 Å². The molecule has 0 spiro atoms. The number of anilines is 2. The van der Waals surface area contributed by atoms with Gasteiger partial charge < -0.3 is 24.1 Å². The molecule has 1 atom stereocenters. The summed E-state index contributed by atoms with van der Waals surface area (Å²) >= 11 is 5.95. The van der Waals surface area contributed by atoms with Gasteiger partial charge in [0.15, 0.2) is 6.17 Å². The molecule has 0 bridgehead atoms. The molecule has 5 amide bonds. The zero-order chi connectivity index (χ0) is 32.6. The number of hydrogen-bond donors (Lipinski definition) is 3. The highest BCUT2D eigenvalue weighted by atomic mass is 35.5. The van der Waals surface area contributed by atoms with Crippen LogP contribution < -0.4 is 20.4 Å².